The van der Waals surface area contributed by atoms with Crippen molar-refractivity contribution in [1.82, 2.24) is 14.5 Å². The Hall–Kier alpha value is -1.73. The van der Waals surface area contributed by atoms with Crippen LogP contribution in [0.5, 0.6) is 0 Å². The van der Waals surface area contributed by atoms with Crippen LogP contribution in [0.25, 0.3) is 0 Å². The van der Waals surface area contributed by atoms with Gasteiger partial charge in [-0.1, -0.05) is 12.1 Å². The molecule has 3 rings (SSSR count). The minimum atomic E-state index is -3.77. The van der Waals surface area contributed by atoms with E-state index in [1.165, 1.54) is 22.5 Å². The SMILES string of the molecule is O=S(=O)(c1ccccc1F)N1CC[C@H](c2ccn[nH]2)C1. The van der Waals surface area contributed by atoms with Crippen molar-refractivity contribution in [1.29, 1.82) is 0 Å². The Morgan fingerprint density at radius 3 is 2.80 bits per heavy atom. The molecule has 1 N–H and O–H groups in total. The van der Waals surface area contributed by atoms with Gasteiger partial charge in [0.15, 0.2) is 0 Å². The molecule has 1 aromatic heterocycles. The molecule has 20 heavy (non-hydrogen) atoms. The van der Waals surface area contributed by atoms with Crippen LogP contribution in [0, 0.1) is 5.82 Å². The fourth-order valence-electron chi connectivity index (χ4n) is 2.49. The van der Waals surface area contributed by atoms with E-state index in [9.17, 15) is 12.8 Å². The van der Waals surface area contributed by atoms with E-state index in [2.05, 4.69) is 10.2 Å². The molecule has 1 saturated heterocycles. The van der Waals surface area contributed by atoms with Crippen molar-refractivity contribution in [2.75, 3.05) is 13.1 Å². The summed E-state index contributed by atoms with van der Waals surface area (Å²) in [6.45, 7) is 0.735. The molecule has 1 aromatic carbocycles. The van der Waals surface area contributed by atoms with Crippen LogP contribution in [-0.2, 0) is 10.0 Å². The summed E-state index contributed by atoms with van der Waals surface area (Å²) in [5.41, 5.74) is 0.913. The van der Waals surface area contributed by atoms with Gasteiger partial charge in [0.1, 0.15) is 10.7 Å². The van der Waals surface area contributed by atoms with Crippen molar-refractivity contribution in [3.05, 3.63) is 48.0 Å². The third-order valence-corrected chi connectivity index (χ3v) is 5.47. The molecule has 5 nitrogen and oxygen atoms in total. The molecule has 0 saturated carbocycles. The maximum absolute atomic E-state index is 13.7. The first-order valence-corrected chi connectivity index (χ1v) is 7.77. The summed E-state index contributed by atoms with van der Waals surface area (Å²) in [7, 11) is -3.77. The first kappa shape index (κ1) is 13.3. The molecule has 0 bridgehead atoms. The highest BCUT2D eigenvalue weighted by Crippen LogP contribution is 2.30. The van der Waals surface area contributed by atoms with Crippen LogP contribution in [0.2, 0.25) is 0 Å². The summed E-state index contributed by atoms with van der Waals surface area (Å²) in [4.78, 5) is -0.259. The van der Waals surface area contributed by atoms with Gasteiger partial charge in [-0.2, -0.15) is 9.40 Å². The molecule has 2 heterocycles. The minimum Gasteiger partial charge on any atom is -0.282 e. The molecule has 0 aliphatic carbocycles. The van der Waals surface area contributed by atoms with Gasteiger partial charge in [0.2, 0.25) is 10.0 Å². The first-order chi connectivity index (χ1) is 9.59. The van der Waals surface area contributed by atoms with E-state index in [0.29, 0.717) is 19.5 Å². The van der Waals surface area contributed by atoms with Crippen LogP contribution in [0.15, 0.2) is 41.4 Å². The van der Waals surface area contributed by atoms with Crippen molar-refractivity contribution in [3.8, 4) is 0 Å². The Morgan fingerprint density at radius 1 is 1.30 bits per heavy atom. The van der Waals surface area contributed by atoms with Crippen LogP contribution in [-0.4, -0.2) is 36.0 Å². The van der Waals surface area contributed by atoms with Crippen LogP contribution >= 0.6 is 0 Å². The Bertz CT molecular complexity index is 700. The number of sulfonamides is 1. The lowest BCUT2D eigenvalue weighted by molar-refractivity contribution is 0.465. The van der Waals surface area contributed by atoms with Gasteiger partial charge < -0.3 is 0 Å². The van der Waals surface area contributed by atoms with Crippen molar-refractivity contribution < 1.29 is 12.8 Å². The fraction of sp³-hybridized carbons (Fsp3) is 0.308. The van der Waals surface area contributed by atoms with E-state index in [1.54, 1.807) is 6.20 Å². The lowest BCUT2D eigenvalue weighted by Gasteiger charge is -2.16. The zero-order chi connectivity index (χ0) is 14.2. The fourth-order valence-corrected chi connectivity index (χ4v) is 4.05. The van der Waals surface area contributed by atoms with Crippen LogP contribution in [0.1, 0.15) is 18.0 Å². The summed E-state index contributed by atoms with van der Waals surface area (Å²) in [5.74, 6) is -0.628. The van der Waals surface area contributed by atoms with E-state index >= 15 is 0 Å². The first-order valence-electron chi connectivity index (χ1n) is 6.33. The molecule has 106 valence electrons. The number of H-pyrrole nitrogens is 1. The molecule has 2 aromatic rings. The topological polar surface area (TPSA) is 66.1 Å². The van der Waals surface area contributed by atoms with Gasteiger partial charge >= 0.3 is 0 Å². The number of benzene rings is 1. The number of rotatable bonds is 3. The second-order valence-electron chi connectivity index (χ2n) is 4.79. The van der Waals surface area contributed by atoms with Crippen molar-refractivity contribution in [2.24, 2.45) is 0 Å². The average Bonchev–Trinajstić information content (AvgIpc) is 3.10. The standard InChI is InChI=1S/C13H14FN3O2S/c14-11-3-1-2-4-13(11)20(18,19)17-8-6-10(9-17)12-5-7-15-16-12/h1-5,7,10H,6,8-9H2,(H,15,16)/t10-/m0/s1. The van der Waals surface area contributed by atoms with Crippen LogP contribution in [0.4, 0.5) is 4.39 Å². The zero-order valence-electron chi connectivity index (χ0n) is 10.7. The number of halogens is 1. The molecule has 1 aliphatic rings. The van der Waals surface area contributed by atoms with E-state index in [-0.39, 0.29) is 10.8 Å². The van der Waals surface area contributed by atoms with Gasteiger partial charge in [0, 0.05) is 30.9 Å². The predicted octanol–water partition coefficient (Wildman–Crippen LogP) is 1.73. The third-order valence-electron chi connectivity index (χ3n) is 3.57. The second-order valence-corrected chi connectivity index (χ2v) is 6.70. The maximum Gasteiger partial charge on any atom is 0.246 e. The molecule has 0 spiro atoms. The molecule has 0 amide bonds. The summed E-state index contributed by atoms with van der Waals surface area (Å²) in [6.07, 6.45) is 2.35. The largest absolute Gasteiger partial charge is 0.282 e. The Labute approximate surface area is 116 Å². The average molecular weight is 295 g/mol. The second kappa shape index (κ2) is 4.99. The highest BCUT2D eigenvalue weighted by molar-refractivity contribution is 7.89. The Kier molecular flexibility index (Phi) is 3.31. The van der Waals surface area contributed by atoms with Crippen molar-refractivity contribution >= 4 is 10.0 Å². The Balaban J connectivity index is 1.85. The van der Waals surface area contributed by atoms with E-state index in [4.69, 9.17) is 0 Å². The van der Waals surface area contributed by atoms with Crippen molar-refractivity contribution in [3.63, 3.8) is 0 Å². The molecule has 1 atom stereocenters. The summed E-state index contributed by atoms with van der Waals surface area (Å²) in [5, 5.41) is 6.73. The smallest absolute Gasteiger partial charge is 0.246 e. The minimum absolute atomic E-state index is 0.0825. The van der Waals surface area contributed by atoms with Crippen LogP contribution in [0.3, 0.4) is 0 Å². The molecule has 1 aliphatic heterocycles. The Morgan fingerprint density at radius 2 is 2.10 bits per heavy atom. The van der Waals surface area contributed by atoms with Gasteiger partial charge in [-0.15, -0.1) is 0 Å². The highest BCUT2D eigenvalue weighted by Gasteiger charge is 2.34. The van der Waals surface area contributed by atoms with Gasteiger partial charge in [-0.3, -0.25) is 5.10 Å². The highest BCUT2D eigenvalue weighted by atomic mass is 32.2. The van der Waals surface area contributed by atoms with Crippen LogP contribution < -0.4 is 0 Å². The number of aromatic amines is 1. The normalized spacial score (nSPS) is 20.4. The molecule has 0 unspecified atom stereocenters. The number of nitrogens with one attached hydrogen (secondary N) is 1. The summed E-state index contributed by atoms with van der Waals surface area (Å²) < 4.78 is 39.9. The maximum atomic E-state index is 13.7. The molecular formula is C13H14FN3O2S. The number of aromatic nitrogens is 2. The predicted molar refractivity (Wildman–Crippen MR) is 71.1 cm³/mol. The molecule has 0 radical (unpaired) electrons. The van der Waals surface area contributed by atoms with Gasteiger partial charge in [0.05, 0.1) is 0 Å². The number of nitrogens with zero attached hydrogens (tertiary/aromatic N) is 2. The zero-order valence-corrected chi connectivity index (χ0v) is 11.5. The lowest BCUT2D eigenvalue weighted by Crippen LogP contribution is -2.29. The number of hydrogen-bond acceptors (Lipinski definition) is 3. The summed E-state index contributed by atoms with van der Waals surface area (Å²) in [6, 6.07) is 7.30. The number of hydrogen-bond donors (Lipinski definition) is 1. The van der Waals surface area contributed by atoms with E-state index in [1.807, 2.05) is 6.07 Å². The molecule has 1 fully saturated rings. The van der Waals surface area contributed by atoms with E-state index in [0.717, 1.165) is 11.8 Å². The van der Waals surface area contributed by atoms with Gasteiger partial charge in [-0.25, -0.2) is 12.8 Å². The van der Waals surface area contributed by atoms with Crippen molar-refractivity contribution in [2.45, 2.75) is 17.2 Å². The van der Waals surface area contributed by atoms with E-state index < -0.39 is 15.8 Å². The quantitative estimate of drug-likeness (QED) is 0.937. The summed E-state index contributed by atoms with van der Waals surface area (Å²) >= 11 is 0. The van der Waals surface area contributed by atoms with Gasteiger partial charge in [0.25, 0.3) is 0 Å². The lowest BCUT2D eigenvalue weighted by atomic mass is 10.1. The molecular weight excluding hydrogens is 281 g/mol. The third kappa shape index (κ3) is 2.23. The molecule has 7 heteroatoms. The monoisotopic (exact) mass is 295 g/mol. The van der Waals surface area contributed by atoms with Gasteiger partial charge in [-0.05, 0) is 24.6 Å².